The van der Waals surface area contributed by atoms with Crippen molar-refractivity contribution >= 4 is 5.97 Å². The van der Waals surface area contributed by atoms with Crippen LogP contribution in [0.1, 0.15) is 12.8 Å². The Balaban J connectivity index is 2.31. The lowest BCUT2D eigenvalue weighted by molar-refractivity contribution is -0.137. The van der Waals surface area contributed by atoms with E-state index in [-0.39, 0.29) is 12.2 Å². The molecule has 0 aliphatic rings. The Kier molecular flexibility index (Phi) is 3.79. The Morgan fingerprint density at radius 2 is 2.07 bits per heavy atom. The van der Waals surface area contributed by atoms with Gasteiger partial charge in [-0.2, -0.15) is 0 Å². The van der Waals surface area contributed by atoms with Crippen LogP contribution in [-0.2, 0) is 4.79 Å². The second-order valence-corrected chi connectivity index (χ2v) is 2.81. The Bertz CT molecular complexity index is 309. The highest BCUT2D eigenvalue weighted by Gasteiger charge is 2.01. The van der Waals surface area contributed by atoms with Crippen LogP contribution in [0.25, 0.3) is 0 Å². The molecule has 14 heavy (non-hydrogen) atoms. The van der Waals surface area contributed by atoms with E-state index in [0.717, 1.165) is 0 Å². The molecule has 1 rings (SSSR count). The zero-order chi connectivity index (χ0) is 10.4. The van der Waals surface area contributed by atoms with Gasteiger partial charge >= 0.3 is 5.97 Å². The number of hydrogen-bond donors (Lipinski definition) is 2. The second kappa shape index (κ2) is 5.11. The van der Waals surface area contributed by atoms with Gasteiger partial charge in [0.1, 0.15) is 0 Å². The van der Waals surface area contributed by atoms with Crippen molar-refractivity contribution in [1.82, 2.24) is 0 Å². The molecular formula is C10H12O4. The molecule has 0 aromatic heterocycles. The molecule has 1 aromatic rings. The van der Waals surface area contributed by atoms with E-state index < -0.39 is 5.97 Å². The van der Waals surface area contributed by atoms with Crippen molar-refractivity contribution in [3.05, 3.63) is 24.3 Å². The first-order valence-electron chi connectivity index (χ1n) is 4.33. The number of benzene rings is 1. The largest absolute Gasteiger partial charge is 0.504 e. The molecule has 4 heteroatoms. The van der Waals surface area contributed by atoms with Crippen LogP contribution in [0.15, 0.2) is 24.3 Å². The molecular weight excluding hydrogens is 184 g/mol. The van der Waals surface area contributed by atoms with Crippen LogP contribution in [0.4, 0.5) is 0 Å². The third kappa shape index (κ3) is 3.35. The van der Waals surface area contributed by atoms with Gasteiger partial charge < -0.3 is 14.9 Å². The number of aliphatic carboxylic acids is 1. The highest BCUT2D eigenvalue weighted by Crippen LogP contribution is 2.24. The summed E-state index contributed by atoms with van der Waals surface area (Å²) in [5.41, 5.74) is 0. The number of rotatable bonds is 5. The van der Waals surface area contributed by atoms with E-state index in [2.05, 4.69) is 0 Å². The van der Waals surface area contributed by atoms with Gasteiger partial charge in [0.25, 0.3) is 0 Å². The van der Waals surface area contributed by atoms with Crippen LogP contribution >= 0.6 is 0 Å². The Morgan fingerprint density at radius 3 is 2.71 bits per heavy atom. The first-order chi connectivity index (χ1) is 6.70. The number of phenolic OH excluding ortho intramolecular Hbond substituents is 1. The van der Waals surface area contributed by atoms with Gasteiger partial charge in [-0.3, -0.25) is 4.79 Å². The predicted octanol–water partition coefficient (Wildman–Crippen LogP) is 1.64. The number of para-hydroxylation sites is 2. The summed E-state index contributed by atoms with van der Waals surface area (Å²) in [6.45, 7) is 0.296. The van der Waals surface area contributed by atoms with Crippen LogP contribution in [0.3, 0.4) is 0 Å². The number of carbonyl (C=O) groups is 1. The minimum Gasteiger partial charge on any atom is -0.504 e. The van der Waals surface area contributed by atoms with E-state index in [9.17, 15) is 9.90 Å². The summed E-state index contributed by atoms with van der Waals surface area (Å²) in [7, 11) is 0. The first kappa shape index (κ1) is 10.4. The summed E-state index contributed by atoms with van der Waals surface area (Å²) >= 11 is 0. The van der Waals surface area contributed by atoms with Gasteiger partial charge in [-0.25, -0.2) is 0 Å². The molecule has 0 saturated heterocycles. The van der Waals surface area contributed by atoms with E-state index in [1.165, 1.54) is 6.07 Å². The average molecular weight is 196 g/mol. The molecule has 0 fully saturated rings. The quantitative estimate of drug-likeness (QED) is 0.702. The first-order valence-corrected chi connectivity index (χ1v) is 4.33. The topological polar surface area (TPSA) is 66.8 Å². The molecule has 0 aliphatic carbocycles. The number of hydrogen-bond acceptors (Lipinski definition) is 3. The zero-order valence-electron chi connectivity index (χ0n) is 7.64. The van der Waals surface area contributed by atoms with Crippen LogP contribution in [0.2, 0.25) is 0 Å². The molecule has 0 atom stereocenters. The SMILES string of the molecule is O=C(O)CCCOc1ccccc1O. The third-order valence-electron chi connectivity index (χ3n) is 1.66. The highest BCUT2D eigenvalue weighted by atomic mass is 16.5. The average Bonchev–Trinajstić information content (AvgIpc) is 2.15. The van der Waals surface area contributed by atoms with E-state index >= 15 is 0 Å². The minimum absolute atomic E-state index is 0.0721. The Labute approximate surface area is 81.8 Å². The maximum atomic E-state index is 10.2. The summed E-state index contributed by atoms with van der Waals surface area (Å²) in [5, 5.41) is 17.6. The van der Waals surface area contributed by atoms with Crippen molar-refractivity contribution in [2.24, 2.45) is 0 Å². The van der Waals surface area contributed by atoms with Crippen molar-refractivity contribution < 1.29 is 19.7 Å². The standard InChI is InChI=1S/C10H12O4/c11-8-4-1-2-5-9(8)14-7-3-6-10(12)13/h1-2,4-5,11H,3,6-7H2,(H,12,13). The lowest BCUT2D eigenvalue weighted by Gasteiger charge is -2.06. The van der Waals surface area contributed by atoms with E-state index in [1.807, 2.05) is 0 Å². The Morgan fingerprint density at radius 1 is 1.36 bits per heavy atom. The number of ether oxygens (including phenoxy) is 1. The van der Waals surface area contributed by atoms with Gasteiger partial charge in [-0.05, 0) is 18.6 Å². The van der Waals surface area contributed by atoms with E-state index in [0.29, 0.717) is 18.8 Å². The van der Waals surface area contributed by atoms with Crippen LogP contribution in [0, 0.1) is 0 Å². The summed E-state index contributed by atoms with van der Waals surface area (Å²) in [6, 6.07) is 6.59. The van der Waals surface area contributed by atoms with Crippen LogP contribution in [-0.4, -0.2) is 22.8 Å². The maximum absolute atomic E-state index is 10.2. The second-order valence-electron chi connectivity index (χ2n) is 2.81. The predicted molar refractivity (Wildman–Crippen MR) is 50.5 cm³/mol. The van der Waals surface area contributed by atoms with Crippen molar-refractivity contribution in [3.63, 3.8) is 0 Å². The summed E-state index contributed by atoms with van der Waals surface area (Å²) < 4.78 is 5.17. The molecule has 0 spiro atoms. The normalized spacial score (nSPS) is 9.71. The van der Waals surface area contributed by atoms with Gasteiger partial charge in [-0.1, -0.05) is 12.1 Å². The molecule has 0 aliphatic heterocycles. The van der Waals surface area contributed by atoms with Crippen molar-refractivity contribution in [1.29, 1.82) is 0 Å². The van der Waals surface area contributed by atoms with Gasteiger partial charge in [-0.15, -0.1) is 0 Å². The summed E-state index contributed by atoms with van der Waals surface area (Å²) in [4.78, 5) is 10.2. The molecule has 1 aromatic carbocycles. The van der Waals surface area contributed by atoms with Crippen LogP contribution in [0.5, 0.6) is 11.5 Å². The molecule has 0 heterocycles. The lowest BCUT2D eigenvalue weighted by atomic mass is 10.3. The van der Waals surface area contributed by atoms with Crippen molar-refractivity contribution in [3.8, 4) is 11.5 Å². The maximum Gasteiger partial charge on any atom is 0.303 e. The van der Waals surface area contributed by atoms with Crippen LogP contribution < -0.4 is 4.74 Å². The number of aromatic hydroxyl groups is 1. The van der Waals surface area contributed by atoms with Crippen molar-refractivity contribution in [2.75, 3.05) is 6.61 Å². The third-order valence-corrected chi connectivity index (χ3v) is 1.66. The van der Waals surface area contributed by atoms with Gasteiger partial charge in [0.2, 0.25) is 0 Å². The van der Waals surface area contributed by atoms with E-state index in [1.54, 1.807) is 18.2 Å². The van der Waals surface area contributed by atoms with E-state index in [4.69, 9.17) is 9.84 Å². The molecule has 0 bridgehead atoms. The molecule has 0 unspecified atom stereocenters. The summed E-state index contributed by atoms with van der Waals surface area (Å²) in [5.74, 6) is -0.383. The molecule has 0 saturated carbocycles. The molecule has 0 radical (unpaired) electrons. The van der Waals surface area contributed by atoms with Gasteiger partial charge in [0, 0.05) is 6.42 Å². The fourth-order valence-electron chi connectivity index (χ4n) is 0.985. The van der Waals surface area contributed by atoms with Crippen molar-refractivity contribution in [2.45, 2.75) is 12.8 Å². The molecule has 0 amide bonds. The fourth-order valence-corrected chi connectivity index (χ4v) is 0.985. The molecule has 76 valence electrons. The Hall–Kier alpha value is -1.71. The number of carboxylic acid groups (broad SMARTS) is 1. The minimum atomic E-state index is -0.842. The van der Waals surface area contributed by atoms with Gasteiger partial charge in [0.15, 0.2) is 11.5 Å². The number of phenols is 1. The molecule has 4 nitrogen and oxygen atoms in total. The molecule has 2 N–H and O–H groups in total. The fraction of sp³-hybridized carbons (Fsp3) is 0.300. The number of carboxylic acids is 1. The smallest absolute Gasteiger partial charge is 0.303 e. The monoisotopic (exact) mass is 196 g/mol. The van der Waals surface area contributed by atoms with Gasteiger partial charge in [0.05, 0.1) is 6.61 Å². The summed E-state index contributed by atoms with van der Waals surface area (Å²) in [6.07, 6.45) is 0.511. The zero-order valence-corrected chi connectivity index (χ0v) is 7.64. The highest BCUT2D eigenvalue weighted by molar-refractivity contribution is 5.66. The lowest BCUT2D eigenvalue weighted by Crippen LogP contribution is -2.01.